The molecule has 1 atom stereocenters. The molecule has 0 spiro atoms. The predicted molar refractivity (Wildman–Crippen MR) is 56.2 cm³/mol. The second-order valence-electron chi connectivity index (χ2n) is 4.52. The summed E-state index contributed by atoms with van der Waals surface area (Å²) >= 11 is 0. The van der Waals surface area contributed by atoms with Gasteiger partial charge in [0.25, 0.3) is 0 Å². The molecule has 0 aromatic rings. The van der Waals surface area contributed by atoms with Crippen LogP contribution in [-0.2, 0) is 4.74 Å². The maximum atomic E-state index is 10.3. The van der Waals surface area contributed by atoms with Crippen molar-refractivity contribution < 1.29 is 9.84 Å². The summed E-state index contributed by atoms with van der Waals surface area (Å²) in [6, 6.07) is 0. The van der Waals surface area contributed by atoms with Crippen LogP contribution in [0.4, 0.5) is 0 Å². The fourth-order valence-electron chi connectivity index (χ4n) is 2.42. The Labute approximate surface area is 86.0 Å². The summed E-state index contributed by atoms with van der Waals surface area (Å²) in [6.07, 6.45) is 10.4. The molecule has 0 aromatic heterocycles. The first kappa shape index (κ1) is 10.2. The summed E-state index contributed by atoms with van der Waals surface area (Å²) in [5.41, 5.74) is 0.631. The molecule has 2 nitrogen and oxygen atoms in total. The highest BCUT2D eigenvalue weighted by molar-refractivity contribution is 5.18. The van der Waals surface area contributed by atoms with Crippen LogP contribution < -0.4 is 0 Å². The van der Waals surface area contributed by atoms with Crippen LogP contribution >= 0.6 is 0 Å². The summed E-state index contributed by atoms with van der Waals surface area (Å²) in [7, 11) is 0. The van der Waals surface area contributed by atoms with Crippen LogP contribution in [-0.4, -0.2) is 23.9 Å². The van der Waals surface area contributed by atoms with Crippen molar-refractivity contribution in [3.8, 4) is 0 Å². The van der Waals surface area contributed by atoms with Crippen molar-refractivity contribution in [3.05, 3.63) is 11.6 Å². The highest BCUT2D eigenvalue weighted by atomic mass is 16.5. The van der Waals surface area contributed by atoms with Gasteiger partial charge in [-0.15, -0.1) is 0 Å². The molecule has 0 amide bonds. The number of hydrogen-bond acceptors (Lipinski definition) is 2. The number of aliphatic hydroxyl groups is 1. The second-order valence-corrected chi connectivity index (χ2v) is 4.52. The Bertz CT molecular complexity index is 214. The quantitative estimate of drug-likeness (QED) is 0.653. The zero-order valence-corrected chi connectivity index (χ0v) is 8.80. The minimum Gasteiger partial charge on any atom is -0.383 e. The Kier molecular flexibility index (Phi) is 3.24. The van der Waals surface area contributed by atoms with Crippen LogP contribution in [0.1, 0.15) is 44.9 Å². The Hall–Kier alpha value is -0.340. The maximum absolute atomic E-state index is 10.3. The summed E-state index contributed by atoms with van der Waals surface area (Å²) in [5.74, 6) is 0. The van der Waals surface area contributed by atoms with Crippen LogP contribution in [0.5, 0.6) is 0 Å². The standard InChI is InChI=1S/C12H20O2/c13-12(8-9-14-10-12)11-6-4-2-1-3-5-7-11/h6,13H,1-5,7-10H2/b11-6+. The van der Waals surface area contributed by atoms with Crippen molar-refractivity contribution in [3.63, 3.8) is 0 Å². The molecule has 2 aliphatic rings. The van der Waals surface area contributed by atoms with Crippen molar-refractivity contribution in [2.45, 2.75) is 50.5 Å². The minimum atomic E-state index is -0.614. The van der Waals surface area contributed by atoms with Gasteiger partial charge in [0.15, 0.2) is 0 Å². The van der Waals surface area contributed by atoms with E-state index >= 15 is 0 Å². The Morgan fingerprint density at radius 1 is 1.21 bits per heavy atom. The van der Waals surface area contributed by atoms with Gasteiger partial charge < -0.3 is 9.84 Å². The van der Waals surface area contributed by atoms with Gasteiger partial charge in [0.1, 0.15) is 5.60 Å². The topological polar surface area (TPSA) is 29.5 Å². The minimum absolute atomic E-state index is 0.513. The van der Waals surface area contributed by atoms with E-state index in [0.717, 1.165) is 19.3 Å². The van der Waals surface area contributed by atoms with Crippen LogP contribution in [0, 0.1) is 0 Å². The van der Waals surface area contributed by atoms with Gasteiger partial charge in [0, 0.05) is 13.0 Å². The number of rotatable bonds is 1. The molecule has 0 saturated carbocycles. The van der Waals surface area contributed by atoms with Gasteiger partial charge in [-0.05, 0) is 31.3 Å². The third-order valence-corrected chi connectivity index (χ3v) is 3.39. The molecule has 1 N–H and O–H groups in total. The number of hydrogen-bond donors (Lipinski definition) is 1. The molecular formula is C12H20O2. The lowest BCUT2D eigenvalue weighted by atomic mass is 9.86. The fraction of sp³-hybridized carbons (Fsp3) is 0.833. The Morgan fingerprint density at radius 3 is 2.86 bits per heavy atom. The van der Waals surface area contributed by atoms with Gasteiger partial charge in [-0.25, -0.2) is 0 Å². The average Bonchev–Trinajstić information content (AvgIpc) is 2.52. The van der Waals surface area contributed by atoms with E-state index in [-0.39, 0.29) is 0 Å². The fourth-order valence-corrected chi connectivity index (χ4v) is 2.42. The zero-order valence-electron chi connectivity index (χ0n) is 8.80. The first-order chi connectivity index (χ1) is 6.81. The highest BCUT2D eigenvalue weighted by Gasteiger charge is 2.35. The summed E-state index contributed by atoms with van der Waals surface area (Å²) in [5, 5.41) is 10.3. The molecule has 0 bridgehead atoms. The SMILES string of the molecule is OC1(/C2=C/CCCCCC2)CCOC1. The van der Waals surface area contributed by atoms with Crippen molar-refractivity contribution >= 4 is 0 Å². The third-order valence-electron chi connectivity index (χ3n) is 3.39. The molecule has 0 radical (unpaired) electrons. The van der Waals surface area contributed by atoms with Crippen molar-refractivity contribution in [2.24, 2.45) is 0 Å². The van der Waals surface area contributed by atoms with Gasteiger partial charge in [-0.2, -0.15) is 0 Å². The van der Waals surface area contributed by atoms with E-state index < -0.39 is 5.60 Å². The van der Waals surface area contributed by atoms with Gasteiger partial charge in [-0.1, -0.05) is 18.9 Å². The molecule has 1 unspecified atom stereocenters. The van der Waals surface area contributed by atoms with E-state index in [9.17, 15) is 5.11 Å². The Morgan fingerprint density at radius 2 is 2.07 bits per heavy atom. The number of allylic oxidation sites excluding steroid dienone is 1. The van der Waals surface area contributed by atoms with E-state index in [2.05, 4.69) is 6.08 Å². The van der Waals surface area contributed by atoms with Crippen molar-refractivity contribution in [1.82, 2.24) is 0 Å². The molecule has 1 heterocycles. The summed E-state index contributed by atoms with van der Waals surface area (Å²) in [6.45, 7) is 1.23. The monoisotopic (exact) mass is 196 g/mol. The lowest BCUT2D eigenvalue weighted by molar-refractivity contribution is 0.0547. The van der Waals surface area contributed by atoms with Crippen LogP contribution in [0.15, 0.2) is 11.6 Å². The van der Waals surface area contributed by atoms with E-state index in [1.807, 2.05) is 0 Å². The second kappa shape index (κ2) is 4.45. The van der Waals surface area contributed by atoms with E-state index in [1.54, 1.807) is 0 Å². The van der Waals surface area contributed by atoms with E-state index in [4.69, 9.17) is 4.74 Å². The highest BCUT2D eigenvalue weighted by Crippen LogP contribution is 2.32. The van der Waals surface area contributed by atoms with E-state index in [1.165, 1.54) is 31.3 Å². The van der Waals surface area contributed by atoms with Gasteiger partial charge in [0.2, 0.25) is 0 Å². The van der Waals surface area contributed by atoms with Crippen molar-refractivity contribution in [1.29, 1.82) is 0 Å². The van der Waals surface area contributed by atoms with Crippen LogP contribution in [0.25, 0.3) is 0 Å². The molecule has 2 rings (SSSR count). The number of ether oxygens (including phenoxy) is 1. The lowest BCUT2D eigenvalue weighted by Gasteiger charge is -2.25. The van der Waals surface area contributed by atoms with Gasteiger partial charge >= 0.3 is 0 Å². The molecule has 1 fully saturated rings. The van der Waals surface area contributed by atoms with Crippen LogP contribution in [0.2, 0.25) is 0 Å². The predicted octanol–water partition coefficient (Wildman–Crippen LogP) is 2.42. The molecule has 1 saturated heterocycles. The maximum Gasteiger partial charge on any atom is 0.111 e. The van der Waals surface area contributed by atoms with E-state index in [0.29, 0.717) is 13.2 Å². The third kappa shape index (κ3) is 2.18. The molecule has 80 valence electrons. The molecule has 2 heteroatoms. The van der Waals surface area contributed by atoms with Gasteiger partial charge in [-0.3, -0.25) is 0 Å². The lowest BCUT2D eigenvalue weighted by Crippen LogP contribution is -2.31. The van der Waals surface area contributed by atoms with Crippen LogP contribution in [0.3, 0.4) is 0 Å². The first-order valence-electron chi connectivity index (χ1n) is 5.81. The zero-order chi connectivity index (χ0) is 9.86. The largest absolute Gasteiger partial charge is 0.383 e. The molecule has 14 heavy (non-hydrogen) atoms. The summed E-state index contributed by atoms with van der Waals surface area (Å²) in [4.78, 5) is 0. The summed E-state index contributed by atoms with van der Waals surface area (Å²) < 4.78 is 5.29. The molecule has 1 aliphatic carbocycles. The molecular weight excluding hydrogens is 176 g/mol. The normalized spacial score (nSPS) is 38.5. The van der Waals surface area contributed by atoms with Crippen molar-refractivity contribution in [2.75, 3.05) is 13.2 Å². The molecule has 1 aliphatic heterocycles. The molecule has 0 aromatic carbocycles. The van der Waals surface area contributed by atoms with Gasteiger partial charge in [0.05, 0.1) is 6.61 Å². The first-order valence-corrected chi connectivity index (χ1v) is 5.81. The Balaban J connectivity index is 2.05. The smallest absolute Gasteiger partial charge is 0.111 e. The average molecular weight is 196 g/mol.